The van der Waals surface area contributed by atoms with Crippen LogP contribution in [0.15, 0.2) is 60.7 Å². The Morgan fingerprint density at radius 3 is 2.52 bits per heavy atom. The molecule has 5 heteroatoms. The Labute approximate surface area is 171 Å². The number of aryl methyl sites for hydroxylation is 2. The van der Waals surface area contributed by atoms with E-state index >= 15 is 0 Å². The number of nitrogens with one attached hydrogen (secondary N) is 1. The van der Waals surface area contributed by atoms with Gasteiger partial charge in [-0.2, -0.15) is 0 Å². The number of rotatable bonds is 8. The van der Waals surface area contributed by atoms with Gasteiger partial charge in [-0.05, 0) is 56.2 Å². The van der Waals surface area contributed by atoms with Crippen molar-refractivity contribution in [3.05, 3.63) is 77.6 Å². The van der Waals surface area contributed by atoms with Gasteiger partial charge in [0.1, 0.15) is 5.75 Å². The van der Waals surface area contributed by atoms with Gasteiger partial charge in [-0.3, -0.25) is 9.78 Å². The standard InChI is InChI=1S/C24H26N2O3/c1-4-15-28-22-11-6-7-12-23(22)29-20-10-8-9-19(16-20)26-24(27)21-14-13-18(5-2)25-17(21)3/h6-14,16H,4-5,15H2,1-3H3,(H,26,27). The molecule has 2 aromatic carbocycles. The smallest absolute Gasteiger partial charge is 0.257 e. The van der Waals surface area contributed by atoms with Gasteiger partial charge < -0.3 is 14.8 Å². The molecule has 0 aliphatic rings. The molecule has 0 atom stereocenters. The van der Waals surface area contributed by atoms with Gasteiger partial charge in [-0.1, -0.05) is 32.0 Å². The molecule has 3 rings (SSSR count). The zero-order valence-electron chi connectivity index (χ0n) is 17.1. The highest BCUT2D eigenvalue weighted by Crippen LogP contribution is 2.32. The molecular formula is C24H26N2O3. The molecule has 1 aromatic heterocycles. The summed E-state index contributed by atoms with van der Waals surface area (Å²) >= 11 is 0. The maximum Gasteiger partial charge on any atom is 0.257 e. The van der Waals surface area contributed by atoms with Gasteiger partial charge in [0, 0.05) is 17.4 Å². The second-order valence-corrected chi connectivity index (χ2v) is 6.67. The molecule has 0 saturated heterocycles. The number of anilines is 1. The van der Waals surface area contributed by atoms with Crippen LogP contribution in [0.25, 0.3) is 0 Å². The van der Waals surface area contributed by atoms with Crippen LogP contribution in [0.1, 0.15) is 42.0 Å². The number of benzene rings is 2. The van der Waals surface area contributed by atoms with Crippen LogP contribution in [-0.4, -0.2) is 17.5 Å². The molecule has 29 heavy (non-hydrogen) atoms. The number of aromatic nitrogens is 1. The van der Waals surface area contributed by atoms with E-state index in [0.717, 1.165) is 24.2 Å². The molecular weight excluding hydrogens is 364 g/mol. The van der Waals surface area contributed by atoms with Gasteiger partial charge in [0.2, 0.25) is 0 Å². The molecule has 1 N–H and O–H groups in total. The Balaban J connectivity index is 1.74. The molecule has 0 fully saturated rings. The van der Waals surface area contributed by atoms with Crippen LogP contribution in [0.3, 0.4) is 0 Å². The minimum atomic E-state index is -0.193. The SMILES string of the molecule is CCCOc1ccccc1Oc1cccc(NC(=O)c2ccc(CC)nc2C)c1. The normalized spacial score (nSPS) is 10.4. The van der Waals surface area contributed by atoms with Crippen molar-refractivity contribution in [2.45, 2.75) is 33.6 Å². The number of hydrogen-bond acceptors (Lipinski definition) is 4. The predicted molar refractivity (Wildman–Crippen MR) is 115 cm³/mol. The predicted octanol–water partition coefficient (Wildman–Crippen LogP) is 5.79. The van der Waals surface area contributed by atoms with Gasteiger partial charge in [0.25, 0.3) is 5.91 Å². The van der Waals surface area contributed by atoms with E-state index in [-0.39, 0.29) is 5.91 Å². The van der Waals surface area contributed by atoms with Crippen LogP contribution < -0.4 is 14.8 Å². The first-order valence-corrected chi connectivity index (χ1v) is 9.88. The van der Waals surface area contributed by atoms with Crippen molar-refractivity contribution >= 4 is 11.6 Å². The molecule has 0 unspecified atom stereocenters. The highest BCUT2D eigenvalue weighted by atomic mass is 16.5. The largest absolute Gasteiger partial charge is 0.490 e. The number of nitrogens with zero attached hydrogens (tertiary/aromatic N) is 1. The van der Waals surface area contributed by atoms with Gasteiger partial charge in [0.15, 0.2) is 11.5 Å². The number of para-hydroxylation sites is 2. The van der Waals surface area contributed by atoms with Crippen molar-refractivity contribution in [2.75, 3.05) is 11.9 Å². The van der Waals surface area contributed by atoms with E-state index in [4.69, 9.17) is 9.47 Å². The third-order valence-corrected chi connectivity index (χ3v) is 4.38. The lowest BCUT2D eigenvalue weighted by atomic mass is 10.1. The summed E-state index contributed by atoms with van der Waals surface area (Å²) in [6.45, 7) is 6.57. The average Bonchev–Trinajstić information content (AvgIpc) is 2.73. The summed E-state index contributed by atoms with van der Waals surface area (Å²) in [6.07, 6.45) is 1.76. The van der Waals surface area contributed by atoms with Crippen LogP contribution in [0.2, 0.25) is 0 Å². The van der Waals surface area contributed by atoms with E-state index in [2.05, 4.69) is 17.2 Å². The Morgan fingerprint density at radius 1 is 1.00 bits per heavy atom. The van der Waals surface area contributed by atoms with Gasteiger partial charge in [-0.25, -0.2) is 0 Å². The van der Waals surface area contributed by atoms with Crippen LogP contribution in [0.5, 0.6) is 17.2 Å². The first-order chi connectivity index (χ1) is 14.1. The summed E-state index contributed by atoms with van der Waals surface area (Å²) in [6, 6.07) is 18.6. The quantitative estimate of drug-likeness (QED) is 0.529. The number of hydrogen-bond donors (Lipinski definition) is 1. The van der Waals surface area contributed by atoms with Crippen LogP contribution in [0.4, 0.5) is 5.69 Å². The van der Waals surface area contributed by atoms with Crippen molar-refractivity contribution in [2.24, 2.45) is 0 Å². The van der Waals surface area contributed by atoms with E-state index in [1.807, 2.05) is 68.4 Å². The van der Waals surface area contributed by atoms with Gasteiger partial charge in [0.05, 0.1) is 17.9 Å². The summed E-state index contributed by atoms with van der Waals surface area (Å²) in [5, 5.41) is 2.92. The van der Waals surface area contributed by atoms with E-state index < -0.39 is 0 Å². The second kappa shape index (κ2) is 9.73. The molecule has 0 aliphatic heterocycles. The molecule has 0 aliphatic carbocycles. The van der Waals surface area contributed by atoms with Crippen LogP contribution in [-0.2, 0) is 6.42 Å². The summed E-state index contributed by atoms with van der Waals surface area (Å²) < 4.78 is 11.7. The van der Waals surface area contributed by atoms with E-state index in [1.165, 1.54) is 0 Å². The Hall–Kier alpha value is -3.34. The maximum absolute atomic E-state index is 12.7. The van der Waals surface area contributed by atoms with Crippen LogP contribution in [0, 0.1) is 6.92 Å². The molecule has 3 aromatic rings. The number of pyridine rings is 1. The second-order valence-electron chi connectivity index (χ2n) is 6.67. The number of carbonyl (C=O) groups is 1. The van der Waals surface area contributed by atoms with E-state index in [9.17, 15) is 4.79 Å². The number of ether oxygens (including phenoxy) is 2. The third-order valence-electron chi connectivity index (χ3n) is 4.38. The minimum absolute atomic E-state index is 0.193. The number of carbonyl (C=O) groups excluding carboxylic acids is 1. The molecule has 1 amide bonds. The fourth-order valence-electron chi connectivity index (χ4n) is 2.88. The molecule has 1 heterocycles. The van der Waals surface area contributed by atoms with Crippen molar-refractivity contribution < 1.29 is 14.3 Å². The lowest BCUT2D eigenvalue weighted by Crippen LogP contribution is -2.14. The molecule has 0 spiro atoms. The summed E-state index contributed by atoms with van der Waals surface area (Å²) in [5.74, 6) is 1.76. The number of amides is 1. The molecule has 5 nitrogen and oxygen atoms in total. The zero-order valence-corrected chi connectivity index (χ0v) is 17.1. The summed E-state index contributed by atoms with van der Waals surface area (Å²) in [5.41, 5.74) is 2.90. The van der Waals surface area contributed by atoms with Crippen molar-refractivity contribution in [1.82, 2.24) is 4.98 Å². The molecule has 0 radical (unpaired) electrons. The lowest BCUT2D eigenvalue weighted by molar-refractivity contribution is 0.102. The average molecular weight is 390 g/mol. The lowest BCUT2D eigenvalue weighted by Gasteiger charge is -2.13. The minimum Gasteiger partial charge on any atom is -0.490 e. The summed E-state index contributed by atoms with van der Waals surface area (Å²) in [4.78, 5) is 17.1. The van der Waals surface area contributed by atoms with Crippen molar-refractivity contribution in [1.29, 1.82) is 0 Å². The highest BCUT2D eigenvalue weighted by Gasteiger charge is 2.12. The summed E-state index contributed by atoms with van der Waals surface area (Å²) in [7, 11) is 0. The fourth-order valence-corrected chi connectivity index (χ4v) is 2.88. The van der Waals surface area contributed by atoms with Gasteiger partial charge in [-0.15, -0.1) is 0 Å². The first-order valence-electron chi connectivity index (χ1n) is 9.88. The molecule has 0 bridgehead atoms. The molecule has 150 valence electrons. The molecule has 0 saturated carbocycles. The van der Waals surface area contributed by atoms with E-state index in [1.54, 1.807) is 6.07 Å². The van der Waals surface area contributed by atoms with Gasteiger partial charge >= 0.3 is 0 Å². The topological polar surface area (TPSA) is 60.5 Å². The monoisotopic (exact) mass is 390 g/mol. The highest BCUT2D eigenvalue weighted by molar-refractivity contribution is 6.05. The maximum atomic E-state index is 12.7. The zero-order chi connectivity index (χ0) is 20.6. The Morgan fingerprint density at radius 2 is 1.79 bits per heavy atom. The first kappa shape index (κ1) is 20.4. The van der Waals surface area contributed by atoms with Crippen molar-refractivity contribution in [3.8, 4) is 17.2 Å². The van der Waals surface area contributed by atoms with Crippen molar-refractivity contribution in [3.63, 3.8) is 0 Å². The fraction of sp³-hybridized carbons (Fsp3) is 0.250. The van der Waals surface area contributed by atoms with Crippen LogP contribution >= 0.6 is 0 Å². The Bertz CT molecular complexity index is 985. The Kier molecular flexibility index (Phi) is 6.85. The van der Waals surface area contributed by atoms with E-state index in [0.29, 0.717) is 35.1 Å². The third kappa shape index (κ3) is 5.35.